The van der Waals surface area contributed by atoms with Crippen LogP contribution in [-0.4, -0.2) is 48.1 Å². The molecule has 2 N–H and O–H groups in total. The van der Waals surface area contributed by atoms with E-state index in [-0.39, 0.29) is 11.3 Å². The van der Waals surface area contributed by atoms with Gasteiger partial charge in [0.1, 0.15) is 0 Å². The predicted octanol–water partition coefficient (Wildman–Crippen LogP) is 0.699. The molecule has 2 atom stereocenters. The van der Waals surface area contributed by atoms with Gasteiger partial charge in [-0.3, -0.25) is 9.59 Å². The molecule has 102 valence electrons. The summed E-state index contributed by atoms with van der Waals surface area (Å²) >= 11 is 0. The second kappa shape index (κ2) is 4.53. The van der Waals surface area contributed by atoms with E-state index in [2.05, 4.69) is 5.32 Å². The molecule has 2 rings (SSSR count). The number of carboxylic acids is 1. The number of piperidine rings is 1. The fraction of sp³-hybridized carbons (Fsp3) is 0.846. The lowest BCUT2D eigenvalue weighted by molar-refractivity contribution is -0.148. The minimum Gasteiger partial charge on any atom is -0.481 e. The highest BCUT2D eigenvalue weighted by Gasteiger charge is 2.46. The first-order valence-electron chi connectivity index (χ1n) is 6.61. The molecule has 0 aromatic heterocycles. The first-order chi connectivity index (χ1) is 8.37. The standard InChI is InChI=1S/C13H22N2O3/c1-12(4-3-6-14-8-12)10(16)15-7-5-13(2,9-15)11(17)18/h14H,3-9H2,1-2H3,(H,17,18). The van der Waals surface area contributed by atoms with Crippen LogP contribution in [0, 0.1) is 10.8 Å². The number of likely N-dealkylation sites (tertiary alicyclic amines) is 1. The van der Waals surface area contributed by atoms with Crippen molar-refractivity contribution in [2.24, 2.45) is 10.8 Å². The Hall–Kier alpha value is -1.10. The molecule has 2 fully saturated rings. The fourth-order valence-electron chi connectivity index (χ4n) is 2.93. The smallest absolute Gasteiger partial charge is 0.311 e. The number of carbonyl (C=O) groups excluding carboxylic acids is 1. The van der Waals surface area contributed by atoms with Gasteiger partial charge in [-0.2, -0.15) is 0 Å². The molecule has 5 nitrogen and oxygen atoms in total. The first kappa shape index (κ1) is 13.3. The van der Waals surface area contributed by atoms with E-state index in [1.807, 2.05) is 6.92 Å². The molecule has 2 aliphatic heterocycles. The molecule has 0 bridgehead atoms. The molecule has 5 heteroatoms. The quantitative estimate of drug-likeness (QED) is 0.761. The minimum absolute atomic E-state index is 0.111. The zero-order valence-electron chi connectivity index (χ0n) is 11.2. The summed E-state index contributed by atoms with van der Waals surface area (Å²) in [6, 6.07) is 0. The highest BCUT2D eigenvalue weighted by Crippen LogP contribution is 2.35. The number of aliphatic carboxylic acids is 1. The van der Waals surface area contributed by atoms with Crippen LogP contribution in [-0.2, 0) is 9.59 Å². The van der Waals surface area contributed by atoms with Gasteiger partial charge in [-0.25, -0.2) is 0 Å². The van der Waals surface area contributed by atoms with Crippen LogP contribution in [0.15, 0.2) is 0 Å². The van der Waals surface area contributed by atoms with Gasteiger partial charge in [0.15, 0.2) is 0 Å². The van der Waals surface area contributed by atoms with E-state index in [1.165, 1.54) is 0 Å². The van der Waals surface area contributed by atoms with Crippen molar-refractivity contribution >= 4 is 11.9 Å². The van der Waals surface area contributed by atoms with Gasteiger partial charge >= 0.3 is 5.97 Å². The normalized spacial score (nSPS) is 36.7. The third-order valence-electron chi connectivity index (χ3n) is 4.39. The number of hydrogen-bond donors (Lipinski definition) is 2. The lowest BCUT2D eigenvalue weighted by atomic mass is 9.81. The Balaban J connectivity index is 2.05. The Morgan fingerprint density at radius 2 is 1.94 bits per heavy atom. The van der Waals surface area contributed by atoms with Crippen LogP contribution >= 0.6 is 0 Å². The summed E-state index contributed by atoms with van der Waals surface area (Å²) in [5.74, 6) is -0.690. The molecule has 2 aliphatic rings. The fourth-order valence-corrected chi connectivity index (χ4v) is 2.93. The van der Waals surface area contributed by atoms with Crippen LogP contribution in [0.3, 0.4) is 0 Å². The molecule has 2 heterocycles. The lowest BCUT2D eigenvalue weighted by Crippen LogP contribution is -2.50. The summed E-state index contributed by atoms with van der Waals surface area (Å²) in [5.41, 5.74) is -1.13. The summed E-state index contributed by atoms with van der Waals surface area (Å²) < 4.78 is 0. The van der Waals surface area contributed by atoms with Gasteiger partial charge in [0.25, 0.3) is 0 Å². The van der Waals surface area contributed by atoms with Crippen molar-refractivity contribution in [1.29, 1.82) is 0 Å². The Labute approximate surface area is 108 Å². The highest BCUT2D eigenvalue weighted by molar-refractivity contribution is 5.85. The third kappa shape index (κ3) is 2.23. The highest BCUT2D eigenvalue weighted by atomic mass is 16.4. The van der Waals surface area contributed by atoms with E-state index in [1.54, 1.807) is 11.8 Å². The predicted molar refractivity (Wildman–Crippen MR) is 67.2 cm³/mol. The molecule has 0 aliphatic carbocycles. The van der Waals surface area contributed by atoms with Crippen LogP contribution in [0.25, 0.3) is 0 Å². The lowest BCUT2D eigenvalue weighted by Gasteiger charge is -2.36. The maximum atomic E-state index is 12.5. The number of nitrogens with one attached hydrogen (secondary N) is 1. The van der Waals surface area contributed by atoms with Gasteiger partial charge in [0, 0.05) is 19.6 Å². The number of hydrogen-bond acceptors (Lipinski definition) is 3. The van der Waals surface area contributed by atoms with Gasteiger partial charge in [-0.1, -0.05) is 0 Å². The Morgan fingerprint density at radius 3 is 2.44 bits per heavy atom. The van der Waals surface area contributed by atoms with Crippen molar-refractivity contribution in [2.75, 3.05) is 26.2 Å². The minimum atomic E-state index is -0.801. The second-order valence-electron chi connectivity index (χ2n) is 6.18. The molecule has 1 amide bonds. The van der Waals surface area contributed by atoms with Crippen LogP contribution in [0.4, 0.5) is 0 Å². The van der Waals surface area contributed by atoms with Gasteiger partial charge in [0.2, 0.25) is 5.91 Å². The average molecular weight is 254 g/mol. The summed E-state index contributed by atoms with van der Waals surface area (Å²) in [6.07, 6.45) is 2.45. The van der Waals surface area contributed by atoms with Crippen molar-refractivity contribution in [1.82, 2.24) is 10.2 Å². The van der Waals surface area contributed by atoms with Gasteiger partial charge in [-0.05, 0) is 39.7 Å². The van der Waals surface area contributed by atoms with Gasteiger partial charge < -0.3 is 15.3 Å². The van der Waals surface area contributed by atoms with Gasteiger partial charge in [0.05, 0.1) is 10.8 Å². The van der Waals surface area contributed by atoms with E-state index in [0.29, 0.717) is 26.1 Å². The van der Waals surface area contributed by atoms with E-state index in [4.69, 9.17) is 0 Å². The SMILES string of the molecule is CC1(C(=O)O)CCN(C(=O)C2(C)CCCNC2)C1. The monoisotopic (exact) mass is 254 g/mol. The summed E-state index contributed by atoms with van der Waals surface area (Å²) in [6.45, 7) is 6.29. The molecule has 0 aromatic rings. The molecular weight excluding hydrogens is 232 g/mol. The summed E-state index contributed by atoms with van der Waals surface area (Å²) in [7, 11) is 0. The molecule has 0 aromatic carbocycles. The number of carbonyl (C=O) groups is 2. The van der Waals surface area contributed by atoms with Crippen LogP contribution in [0.2, 0.25) is 0 Å². The average Bonchev–Trinajstić information content (AvgIpc) is 2.73. The molecule has 2 saturated heterocycles. The van der Waals surface area contributed by atoms with Crippen molar-refractivity contribution in [3.8, 4) is 0 Å². The first-order valence-corrected chi connectivity index (χ1v) is 6.61. The molecule has 0 spiro atoms. The van der Waals surface area contributed by atoms with Gasteiger partial charge in [-0.15, -0.1) is 0 Å². The Kier molecular flexibility index (Phi) is 3.36. The zero-order valence-corrected chi connectivity index (χ0v) is 11.2. The second-order valence-corrected chi connectivity index (χ2v) is 6.18. The topological polar surface area (TPSA) is 69.6 Å². The third-order valence-corrected chi connectivity index (χ3v) is 4.39. The van der Waals surface area contributed by atoms with E-state index >= 15 is 0 Å². The maximum absolute atomic E-state index is 12.5. The van der Waals surface area contributed by atoms with Crippen LogP contribution in [0.5, 0.6) is 0 Å². The number of rotatable bonds is 2. The zero-order chi connectivity index (χ0) is 13.4. The number of nitrogens with zero attached hydrogens (tertiary/aromatic N) is 1. The van der Waals surface area contributed by atoms with E-state index < -0.39 is 11.4 Å². The maximum Gasteiger partial charge on any atom is 0.311 e. The summed E-state index contributed by atoms with van der Waals surface area (Å²) in [5, 5.41) is 12.5. The van der Waals surface area contributed by atoms with E-state index in [9.17, 15) is 14.7 Å². The van der Waals surface area contributed by atoms with Crippen molar-refractivity contribution in [3.05, 3.63) is 0 Å². The molecule has 0 radical (unpaired) electrons. The molecule has 18 heavy (non-hydrogen) atoms. The van der Waals surface area contributed by atoms with Crippen LogP contribution in [0.1, 0.15) is 33.1 Å². The Morgan fingerprint density at radius 1 is 1.22 bits per heavy atom. The van der Waals surface area contributed by atoms with Crippen molar-refractivity contribution in [2.45, 2.75) is 33.1 Å². The van der Waals surface area contributed by atoms with Crippen molar-refractivity contribution in [3.63, 3.8) is 0 Å². The number of amides is 1. The largest absolute Gasteiger partial charge is 0.481 e. The Bertz CT molecular complexity index is 363. The summed E-state index contributed by atoms with van der Waals surface area (Å²) in [4.78, 5) is 25.5. The molecule has 2 unspecified atom stereocenters. The van der Waals surface area contributed by atoms with E-state index in [0.717, 1.165) is 19.4 Å². The molecule has 0 saturated carbocycles. The van der Waals surface area contributed by atoms with Crippen LogP contribution < -0.4 is 5.32 Å². The molecular formula is C13H22N2O3. The van der Waals surface area contributed by atoms with Crippen molar-refractivity contribution < 1.29 is 14.7 Å². The number of carboxylic acid groups (broad SMARTS) is 1.